The molecule has 0 radical (unpaired) electrons. The molecule has 0 aromatic heterocycles. The maximum atomic E-state index is 13.2. The first kappa shape index (κ1) is 20.6. The Bertz CT molecular complexity index is 1090. The molecule has 31 heavy (non-hydrogen) atoms. The van der Waals surface area contributed by atoms with Crippen molar-refractivity contribution < 1.29 is 23.9 Å². The average molecular weight is 421 g/mol. The van der Waals surface area contributed by atoms with Gasteiger partial charge in [0, 0.05) is 25.6 Å². The normalized spacial score (nSPS) is 19.7. The highest BCUT2D eigenvalue weighted by molar-refractivity contribution is 6.15. The van der Waals surface area contributed by atoms with Gasteiger partial charge >= 0.3 is 5.97 Å². The zero-order chi connectivity index (χ0) is 22.3. The summed E-state index contributed by atoms with van der Waals surface area (Å²) in [5, 5.41) is 2.76. The molecule has 1 atom stereocenters. The van der Waals surface area contributed by atoms with Crippen molar-refractivity contribution in [1.29, 1.82) is 0 Å². The number of ether oxygens (including phenoxy) is 1. The van der Waals surface area contributed by atoms with Crippen molar-refractivity contribution in [3.63, 3.8) is 0 Å². The van der Waals surface area contributed by atoms with Gasteiger partial charge in [-0.2, -0.15) is 0 Å². The molecule has 2 aliphatic rings. The minimum Gasteiger partial charge on any atom is -0.452 e. The number of benzene rings is 2. The molecule has 3 amide bonds. The highest BCUT2D eigenvalue weighted by Crippen LogP contribution is 2.44. The van der Waals surface area contributed by atoms with Crippen LogP contribution in [0.4, 0.5) is 11.4 Å². The number of nitrogens with zero attached hydrogens (tertiary/aromatic N) is 2. The van der Waals surface area contributed by atoms with Gasteiger partial charge in [0.1, 0.15) is 0 Å². The molecule has 1 N–H and O–H groups in total. The Labute approximate surface area is 179 Å². The number of hydrogen-bond donors (Lipinski definition) is 1. The van der Waals surface area contributed by atoms with E-state index >= 15 is 0 Å². The topological polar surface area (TPSA) is 96.0 Å². The van der Waals surface area contributed by atoms with E-state index in [1.807, 2.05) is 32.0 Å². The lowest BCUT2D eigenvalue weighted by Gasteiger charge is -2.46. The van der Waals surface area contributed by atoms with Gasteiger partial charge in [-0.1, -0.05) is 30.3 Å². The van der Waals surface area contributed by atoms with E-state index in [0.717, 1.165) is 11.1 Å². The number of aryl methyl sites for hydroxylation is 2. The third-order valence-corrected chi connectivity index (χ3v) is 5.95. The first-order chi connectivity index (χ1) is 14.8. The number of likely N-dealkylation sites (N-methyl/N-ethyl adjacent to an activating group) is 1. The summed E-state index contributed by atoms with van der Waals surface area (Å²) in [5.74, 6) is -1.95. The molecule has 0 aliphatic carbocycles. The van der Waals surface area contributed by atoms with Gasteiger partial charge in [-0.15, -0.1) is 0 Å². The molecular formula is C23H23N3O5. The summed E-state index contributed by atoms with van der Waals surface area (Å²) in [5.41, 5.74) is 1.57. The summed E-state index contributed by atoms with van der Waals surface area (Å²) in [6.45, 7) is 3.21. The molecular weight excluding hydrogens is 398 g/mol. The van der Waals surface area contributed by atoms with Crippen LogP contribution in [-0.2, 0) is 19.1 Å². The molecule has 0 saturated carbocycles. The molecule has 8 heteroatoms. The van der Waals surface area contributed by atoms with Crippen LogP contribution >= 0.6 is 0 Å². The SMILES string of the molecule is Cc1cccc(C)c1NC(=O)COC(=O)[C@]12CCC(=O)N1c1ccccc1C(=O)N2C. The van der Waals surface area contributed by atoms with Crippen LogP contribution in [0.3, 0.4) is 0 Å². The number of carbonyl (C=O) groups excluding carboxylic acids is 4. The lowest BCUT2D eigenvalue weighted by Crippen LogP contribution is -2.67. The van der Waals surface area contributed by atoms with Crippen molar-refractivity contribution in [1.82, 2.24) is 4.90 Å². The molecule has 160 valence electrons. The summed E-state index contributed by atoms with van der Waals surface area (Å²) in [6.07, 6.45) is 0.190. The fourth-order valence-electron chi connectivity index (χ4n) is 4.32. The van der Waals surface area contributed by atoms with Crippen molar-refractivity contribution in [3.05, 3.63) is 59.2 Å². The number of amides is 3. The Morgan fingerprint density at radius 3 is 2.45 bits per heavy atom. The number of hydrogen-bond acceptors (Lipinski definition) is 5. The maximum absolute atomic E-state index is 13.2. The van der Waals surface area contributed by atoms with Gasteiger partial charge in [0.05, 0.1) is 11.3 Å². The molecule has 4 rings (SSSR count). The van der Waals surface area contributed by atoms with E-state index in [1.165, 1.54) is 16.8 Å². The summed E-state index contributed by atoms with van der Waals surface area (Å²) in [4.78, 5) is 53.9. The van der Waals surface area contributed by atoms with Crippen LogP contribution in [0, 0.1) is 13.8 Å². The Kier molecular flexibility index (Phi) is 5.00. The maximum Gasteiger partial charge on any atom is 0.354 e. The Hall–Kier alpha value is -3.68. The van der Waals surface area contributed by atoms with E-state index in [9.17, 15) is 19.2 Å². The van der Waals surface area contributed by atoms with Crippen LogP contribution < -0.4 is 10.2 Å². The first-order valence-electron chi connectivity index (χ1n) is 10.0. The first-order valence-corrected chi connectivity index (χ1v) is 10.0. The Morgan fingerprint density at radius 2 is 1.74 bits per heavy atom. The van der Waals surface area contributed by atoms with Gasteiger partial charge in [0.2, 0.25) is 11.6 Å². The van der Waals surface area contributed by atoms with Gasteiger partial charge in [-0.3, -0.25) is 19.3 Å². The number of para-hydroxylation sites is 2. The third-order valence-electron chi connectivity index (χ3n) is 5.95. The van der Waals surface area contributed by atoms with E-state index in [-0.39, 0.29) is 24.7 Å². The van der Waals surface area contributed by atoms with E-state index in [1.54, 1.807) is 24.3 Å². The van der Waals surface area contributed by atoms with Gasteiger partial charge in [-0.05, 0) is 37.1 Å². The molecule has 1 fully saturated rings. The lowest BCUT2D eigenvalue weighted by atomic mass is 9.97. The zero-order valence-electron chi connectivity index (χ0n) is 17.6. The molecule has 2 aliphatic heterocycles. The molecule has 0 bridgehead atoms. The quantitative estimate of drug-likeness (QED) is 0.765. The Morgan fingerprint density at radius 1 is 1.06 bits per heavy atom. The standard InChI is InChI=1S/C23H23N3O5/c1-14-7-6-8-15(2)20(14)24-18(27)13-31-22(30)23-12-11-19(28)26(23)17-10-5-4-9-16(17)21(29)25(23)3/h4-10H,11-13H2,1-3H3,(H,24,27)/t23-/m0/s1. The van der Waals surface area contributed by atoms with E-state index < -0.39 is 24.1 Å². The average Bonchev–Trinajstić information content (AvgIpc) is 3.11. The summed E-state index contributed by atoms with van der Waals surface area (Å²) < 4.78 is 5.34. The highest BCUT2D eigenvalue weighted by atomic mass is 16.5. The van der Waals surface area contributed by atoms with Crippen molar-refractivity contribution in [3.8, 4) is 0 Å². The minimum atomic E-state index is -1.60. The lowest BCUT2D eigenvalue weighted by molar-refractivity contribution is -0.158. The van der Waals surface area contributed by atoms with Gasteiger partial charge < -0.3 is 15.0 Å². The van der Waals surface area contributed by atoms with Crippen molar-refractivity contribution >= 4 is 35.1 Å². The second kappa shape index (κ2) is 7.54. The largest absolute Gasteiger partial charge is 0.452 e. The van der Waals surface area contributed by atoms with Gasteiger partial charge in [-0.25, -0.2) is 4.79 Å². The third kappa shape index (κ3) is 3.15. The number of carbonyl (C=O) groups is 4. The number of rotatable bonds is 4. The molecule has 0 spiro atoms. The fourth-order valence-corrected chi connectivity index (χ4v) is 4.32. The fraction of sp³-hybridized carbons (Fsp3) is 0.304. The summed E-state index contributed by atoms with van der Waals surface area (Å²) >= 11 is 0. The second-order valence-corrected chi connectivity index (χ2v) is 7.82. The van der Waals surface area contributed by atoms with Crippen LogP contribution in [0.15, 0.2) is 42.5 Å². The van der Waals surface area contributed by atoms with Gasteiger partial charge in [0.25, 0.3) is 11.8 Å². The summed E-state index contributed by atoms with van der Waals surface area (Å²) in [7, 11) is 1.47. The number of esters is 1. The Balaban J connectivity index is 1.57. The van der Waals surface area contributed by atoms with E-state index in [0.29, 0.717) is 16.9 Å². The highest BCUT2D eigenvalue weighted by Gasteiger charge is 2.60. The number of fused-ring (bicyclic) bond motifs is 3. The predicted molar refractivity (Wildman–Crippen MR) is 113 cm³/mol. The second-order valence-electron chi connectivity index (χ2n) is 7.82. The van der Waals surface area contributed by atoms with Crippen LogP contribution in [0.2, 0.25) is 0 Å². The van der Waals surface area contributed by atoms with Crippen molar-refractivity contribution in [2.45, 2.75) is 32.4 Å². The molecule has 8 nitrogen and oxygen atoms in total. The smallest absolute Gasteiger partial charge is 0.354 e. The molecule has 0 unspecified atom stereocenters. The molecule has 2 heterocycles. The van der Waals surface area contributed by atoms with Gasteiger partial charge in [0.15, 0.2) is 6.61 Å². The minimum absolute atomic E-state index is 0.0929. The molecule has 2 aromatic rings. The number of anilines is 2. The van der Waals surface area contributed by atoms with E-state index in [2.05, 4.69) is 5.32 Å². The van der Waals surface area contributed by atoms with E-state index in [4.69, 9.17) is 4.74 Å². The van der Waals surface area contributed by atoms with Crippen LogP contribution in [0.5, 0.6) is 0 Å². The van der Waals surface area contributed by atoms with Crippen LogP contribution in [0.1, 0.15) is 34.3 Å². The van der Waals surface area contributed by atoms with Crippen LogP contribution in [0.25, 0.3) is 0 Å². The number of nitrogens with one attached hydrogen (secondary N) is 1. The molecule has 2 aromatic carbocycles. The molecule has 1 saturated heterocycles. The van der Waals surface area contributed by atoms with Crippen LogP contribution in [-0.4, -0.2) is 47.9 Å². The van der Waals surface area contributed by atoms with Crippen molar-refractivity contribution in [2.75, 3.05) is 23.9 Å². The van der Waals surface area contributed by atoms with Crippen molar-refractivity contribution in [2.24, 2.45) is 0 Å². The predicted octanol–water partition coefficient (Wildman–Crippen LogP) is 2.39. The zero-order valence-corrected chi connectivity index (χ0v) is 17.6. The monoisotopic (exact) mass is 421 g/mol. The summed E-state index contributed by atoms with van der Waals surface area (Å²) in [6, 6.07) is 12.3.